The molecule has 1 aliphatic rings. The number of rotatable bonds is 6. The van der Waals surface area contributed by atoms with Crippen LogP contribution in [0.2, 0.25) is 0 Å². The summed E-state index contributed by atoms with van der Waals surface area (Å²) in [7, 11) is 0. The minimum absolute atomic E-state index is 0.114. The maximum Gasteiger partial charge on any atom is 0.405 e. The minimum atomic E-state index is -4.35. The third-order valence-electron chi connectivity index (χ3n) is 4.08. The fraction of sp³-hybridized carbons (Fsp3) is 0.471. The van der Waals surface area contributed by atoms with Crippen molar-refractivity contribution in [2.24, 2.45) is 0 Å². The van der Waals surface area contributed by atoms with Crippen LogP contribution in [0.3, 0.4) is 0 Å². The highest BCUT2D eigenvalue weighted by Gasteiger charge is 2.29. The quantitative estimate of drug-likeness (QED) is 0.619. The average molecular weight is 343 g/mol. The van der Waals surface area contributed by atoms with E-state index in [1.807, 2.05) is 35.6 Å². The number of quaternary nitrogens is 2. The maximum absolute atomic E-state index is 12.1. The van der Waals surface area contributed by atoms with E-state index < -0.39 is 18.6 Å². The highest BCUT2D eigenvalue weighted by molar-refractivity contribution is 5.76. The van der Waals surface area contributed by atoms with E-state index in [1.165, 1.54) is 10.5 Å². The maximum atomic E-state index is 12.1. The monoisotopic (exact) mass is 343 g/mol. The Morgan fingerprint density at radius 2 is 1.71 bits per heavy atom. The first-order chi connectivity index (χ1) is 11.4. The van der Waals surface area contributed by atoms with Crippen molar-refractivity contribution in [3.63, 3.8) is 0 Å². The average Bonchev–Trinajstić information content (AvgIpc) is 2.55. The van der Waals surface area contributed by atoms with Gasteiger partial charge < -0.3 is 15.1 Å². The number of carbonyl (C=O) groups excluding carboxylic acids is 1. The fourth-order valence-electron chi connectivity index (χ4n) is 2.75. The van der Waals surface area contributed by atoms with Gasteiger partial charge in [-0.25, -0.2) is 0 Å². The van der Waals surface area contributed by atoms with Crippen molar-refractivity contribution in [3.05, 3.63) is 42.0 Å². The van der Waals surface area contributed by atoms with Gasteiger partial charge in [0.2, 0.25) is 0 Å². The van der Waals surface area contributed by atoms with Crippen molar-refractivity contribution < 1.29 is 27.8 Å². The van der Waals surface area contributed by atoms with Crippen molar-refractivity contribution in [1.29, 1.82) is 0 Å². The molecule has 1 aliphatic heterocycles. The number of nitrogens with one attached hydrogen (secondary N) is 3. The molecule has 1 heterocycles. The second-order valence-electron chi connectivity index (χ2n) is 6.09. The van der Waals surface area contributed by atoms with Gasteiger partial charge in [-0.15, -0.1) is 0 Å². The molecule has 3 N–H and O–H groups in total. The van der Waals surface area contributed by atoms with E-state index in [-0.39, 0.29) is 6.54 Å². The van der Waals surface area contributed by atoms with Crippen molar-refractivity contribution in [1.82, 2.24) is 5.32 Å². The predicted molar refractivity (Wildman–Crippen MR) is 85.7 cm³/mol. The van der Waals surface area contributed by atoms with E-state index in [4.69, 9.17) is 0 Å². The molecule has 0 aliphatic carbocycles. The molecule has 0 radical (unpaired) electrons. The summed E-state index contributed by atoms with van der Waals surface area (Å²) in [6, 6.07) is 10.1. The normalized spacial score (nSPS) is 21.8. The third-order valence-corrected chi connectivity index (χ3v) is 4.08. The molecule has 24 heavy (non-hydrogen) atoms. The molecular formula is C17H24F3N3O+2. The Hall–Kier alpha value is -1.86. The van der Waals surface area contributed by atoms with E-state index in [2.05, 4.69) is 12.2 Å². The number of hydrogen-bond donors (Lipinski definition) is 3. The molecule has 1 aromatic rings. The number of benzene rings is 1. The van der Waals surface area contributed by atoms with E-state index in [1.54, 1.807) is 0 Å². The summed E-state index contributed by atoms with van der Waals surface area (Å²) in [6.45, 7) is 3.22. The Balaban J connectivity index is 1.64. The number of alkyl halides is 3. The number of hydrogen-bond acceptors (Lipinski definition) is 1. The van der Waals surface area contributed by atoms with Crippen LogP contribution in [-0.4, -0.2) is 57.9 Å². The van der Waals surface area contributed by atoms with Crippen LogP contribution in [0.15, 0.2) is 36.4 Å². The van der Waals surface area contributed by atoms with Gasteiger partial charge in [0.15, 0.2) is 6.54 Å². The van der Waals surface area contributed by atoms with Crippen LogP contribution in [0.5, 0.6) is 0 Å². The second-order valence-corrected chi connectivity index (χ2v) is 6.09. The number of amides is 1. The Labute approximate surface area is 139 Å². The lowest BCUT2D eigenvalue weighted by molar-refractivity contribution is -1.01. The Morgan fingerprint density at radius 3 is 2.33 bits per heavy atom. The lowest BCUT2D eigenvalue weighted by Crippen LogP contribution is -3.28. The van der Waals surface area contributed by atoms with Gasteiger partial charge in [0.1, 0.15) is 32.7 Å². The molecular weight excluding hydrogens is 319 g/mol. The summed E-state index contributed by atoms with van der Waals surface area (Å²) in [5.41, 5.74) is 1.17. The third kappa shape index (κ3) is 7.14. The SMILES string of the molecule is O=C(C[NH+]1CC[NH+](C/C=C/c2ccccc2)CC1)NCC(F)(F)F. The van der Waals surface area contributed by atoms with Gasteiger partial charge in [0.25, 0.3) is 5.91 Å². The molecule has 0 unspecified atom stereocenters. The van der Waals surface area contributed by atoms with Gasteiger partial charge in [0.05, 0.1) is 6.54 Å². The van der Waals surface area contributed by atoms with Gasteiger partial charge in [-0.05, 0) is 11.6 Å². The van der Waals surface area contributed by atoms with Crippen LogP contribution in [0.4, 0.5) is 13.2 Å². The first-order valence-electron chi connectivity index (χ1n) is 8.14. The van der Waals surface area contributed by atoms with Crippen molar-refractivity contribution >= 4 is 12.0 Å². The largest absolute Gasteiger partial charge is 0.405 e. The summed E-state index contributed by atoms with van der Waals surface area (Å²) in [4.78, 5) is 14.0. The lowest BCUT2D eigenvalue weighted by Gasteiger charge is -2.28. The Morgan fingerprint density at radius 1 is 1.08 bits per heavy atom. The van der Waals surface area contributed by atoms with E-state index in [0.29, 0.717) is 0 Å². The first-order valence-corrected chi connectivity index (χ1v) is 8.14. The zero-order valence-corrected chi connectivity index (χ0v) is 13.5. The van der Waals surface area contributed by atoms with Crippen LogP contribution in [0.1, 0.15) is 5.56 Å². The van der Waals surface area contributed by atoms with Crippen LogP contribution in [-0.2, 0) is 4.79 Å². The summed E-state index contributed by atoms with van der Waals surface area (Å²) in [6.07, 6.45) is -0.110. The summed E-state index contributed by atoms with van der Waals surface area (Å²) in [5, 5.41) is 1.93. The van der Waals surface area contributed by atoms with Crippen molar-refractivity contribution in [2.45, 2.75) is 6.18 Å². The molecule has 1 aromatic carbocycles. The molecule has 1 amide bonds. The van der Waals surface area contributed by atoms with Gasteiger partial charge >= 0.3 is 6.18 Å². The van der Waals surface area contributed by atoms with Gasteiger partial charge in [-0.3, -0.25) is 4.79 Å². The van der Waals surface area contributed by atoms with Crippen LogP contribution in [0.25, 0.3) is 6.08 Å². The van der Waals surface area contributed by atoms with Crippen molar-refractivity contribution in [3.8, 4) is 0 Å². The van der Waals surface area contributed by atoms with E-state index in [0.717, 1.165) is 37.6 Å². The van der Waals surface area contributed by atoms with Gasteiger partial charge in [0, 0.05) is 0 Å². The highest BCUT2D eigenvalue weighted by atomic mass is 19.4. The van der Waals surface area contributed by atoms with E-state index >= 15 is 0 Å². The second kappa shape index (κ2) is 8.84. The standard InChI is InChI=1S/C17H22F3N3O/c18-17(19,20)14-21-16(24)13-23-11-9-22(10-12-23)8-4-7-15-5-2-1-3-6-15/h1-7H,8-14H2,(H,21,24)/p+2/b7-4+. The first kappa shape index (κ1) is 18.5. The fourth-order valence-corrected chi connectivity index (χ4v) is 2.75. The molecule has 1 fully saturated rings. The summed E-state index contributed by atoms with van der Waals surface area (Å²) in [5.74, 6) is -0.533. The molecule has 0 saturated carbocycles. The molecule has 0 aromatic heterocycles. The summed E-state index contributed by atoms with van der Waals surface area (Å²) < 4.78 is 36.2. The van der Waals surface area contributed by atoms with E-state index in [9.17, 15) is 18.0 Å². The molecule has 0 bridgehead atoms. The molecule has 0 atom stereocenters. The lowest BCUT2D eigenvalue weighted by atomic mass is 10.2. The molecule has 2 rings (SSSR count). The number of carbonyl (C=O) groups is 1. The molecule has 4 nitrogen and oxygen atoms in total. The topological polar surface area (TPSA) is 38.0 Å². The molecule has 1 saturated heterocycles. The summed E-state index contributed by atoms with van der Waals surface area (Å²) >= 11 is 0. The molecule has 132 valence electrons. The smallest absolute Gasteiger partial charge is 0.342 e. The molecule has 7 heteroatoms. The number of piperazine rings is 1. The zero-order valence-electron chi connectivity index (χ0n) is 13.5. The Bertz CT molecular complexity index is 538. The Kier molecular flexibility index (Phi) is 6.81. The number of halogens is 3. The van der Waals surface area contributed by atoms with Crippen LogP contribution < -0.4 is 15.1 Å². The minimum Gasteiger partial charge on any atom is -0.342 e. The van der Waals surface area contributed by atoms with Crippen LogP contribution in [0, 0.1) is 0 Å². The van der Waals surface area contributed by atoms with Crippen molar-refractivity contribution in [2.75, 3.05) is 45.8 Å². The highest BCUT2D eigenvalue weighted by Crippen LogP contribution is 2.11. The molecule has 0 spiro atoms. The van der Waals surface area contributed by atoms with Gasteiger partial charge in [-0.2, -0.15) is 13.2 Å². The van der Waals surface area contributed by atoms with Gasteiger partial charge in [-0.1, -0.05) is 36.4 Å². The van der Waals surface area contributed by atoms with Crippen LogP contribution >= 0.6 is 0 Å². The zero-order chi connectivity index (χ0) is 17.4. The predicted octanol–water partition coefficient (Wildman–Crippen LogP) is -0.838.